The van der Waals surface area contributed by atoms with Crippen LogP contribution in [-0.2, 0) is 22.6 Å². The molecule has 0 fully saturated rings. The van der Waals surface area contributed by atoms with Crippen LogP contribution in [0.15, 0.2) is 114 Å². The molecule has 2 amide bonds. The highest BCUT2D eigenvalue weighted by molar-refractivity contribution is 6.05. The van der Waals surface area contributed by atoms with Gasteiger partial charge in [0.05, 0.1) is 12.8 Å². The highest BCUT2D eigenvalue weighted by atomic mass is 16.5. The lowest BCUT2D eigenvalue weighted by Crippen LogP contribution is -2.22. The molecule has 0 unspecified atom stereocenters. The molecule has 0 spiro atoms. The number of hydrazone groups is 1. The average molecular weight is 492 g/mol. The zero-order valence-electron chi connectivity index (χ0n) is 20.7. The summed E-state index contributed by atoms with van der Waals surface area (Å²) in [6, 6.07) is 35.0. The highest BCUT2D eigenvalue weighted by Gasteiger charge is 2.07. The molecule has 186 valence electrons. The zero-order chi connectivity index (χ0) is 25.9. The number of ether oxygens (including phenoxy) is 1. The van der Waals surface area contributed by atoms with Crippen molar-refractivity contribution in [2.75, 3.05) is 5.32 Å². The Labute approximate surface area is 217 Å². The summed E-state index contributed by atoms with van der Waals surface area (Å²) in [5, 5.41) is 6.90. The topological polar surface area (TPSA) is 79.8 Å². The first-order valence-electron chi connectivity index (χ1n) is 12.1. The number of hydrogen-bond donors (Lipinski definition) is 2. The number of anilines is 1. The van der Waals surface area contributed by atoms with E-state index in [-0.39, 0.29) is 24.7 Å². The van der Waals surface area contributed by atoms with Crippen molar-refractivity contribution in [1.29, 1.82) is 0 Å². The summed E-state index contributed by atoms with van der Waals surface area (Å²) >= 11 is 0. The van der Waals surface area contributed by atoms with Crippen molar-refractivity contribution in [2.45, 2.75) is 26.4 Å². The van der Waals surface area contributed by atoms with Crippen LogP contribution < -0.4 is 15.5 Å². The molecule has 4 aromatic rings. The first-order chi connectivity index (χ1) is 18.0. The van der Waals surface area contributed by atoms with Crippen LogP contribution in [0.1, 0.15) is 24.5 Å². The summed E-state index contributed by atoms with van der Waals surface area (Å²) in [7, 11) is 0. The lowest BCUT2D eigenvalue weighted by atomic mass is 10.0. The number of hydrogen-bond acceptors (Lipinski definition) is 4. The number of rotatable bonds is 10. The smallest absolute Gasteiger partial charge is 0.244 e. The van der Waals surface area contributed by atoms with Gasteiger partial charge in [0.1, 0.15) is 12.4 Å². The molecule has 6 nitrogen and oxygen atoms in total. The normalized spacial score (nSPS) is 11.0. The van der Waals surface area contributed by atoms with Crippen molar-refractivity contribution in [1.82, 2.24) is 5.43 Å². The largest absolute Gasteiger partial charge is 0.489 e. The van der Waals surface area contributed by atoms with Gasteiger partial charge in [-0.15, -0.1) is 0 Å². The summed E-state index contributed by atoms with van der Waals surface area (Å²) in [6.45, 7) is 2.18. The first kappa shape index (κ1) is 25.4. The van der Waals surface area contributed by atoms with Crippen LogP contribution in [0.3, 0.4) is 0 Å². The summed E-state index contributed by atoms with van der Waals surface area (Å²) in [6.07, 6.45) is 0.273. The Kier molecular flexibility index (Phi) is 8.81. The van der Waals surface area contributed by atoms with Gasteiger partial charge < -0.3 is 10.1 Å². The van der Waals surface area contributed by atoms with Gasteiger partial charge in [0.15, 0.2) is 0 Å². The van der Waals surface area contributed by atoms with Crippen LogP contribution in [-0.4, -0.2) is 17.5 Å². The second-order valence-electron chi connectivity index (χ2n) is 8.65. The van der Waals surface area contributed by atoms with Crippen molar-refractivity contribution < 1.29 is 14.3 Å². The van der Waals surface area contributed by atoms with E-state index in [1.54, 1.807) is 19.1 Å². The second-order valence-corrected chi connectivity index (χ2v) is 8.65. The highest BCUT2D eigenvalue weighted by Crippen LogP contribution is 2.20. The van der Waals surface area contributed by atoms with Crippen molar-refractivity contribution in [2.24, 2.45) is 5.10 Å². The minimum atomic E-state index is -0.238. The Hall–Kier alpha value is -4.71. The molecule has 4 rings (SSSR count). The third kappa shape index (κ3) is 8.18. The number of benzene rings is 4. The Balaban J connectivity index is 1.20. The molecule has 6 heteroatoms. The van der Waals surface area contributed by atoms with Crippen LogP contribution in [0.4, 0.5) is 5.69 Å². The Morgan fingerprint density at radius 1 is 0.703 bits per heavy atom. The summed E-state index contributed by atoms with van der Waals surface area (Å²) in [5.41, 5.74) is 7.90. The molecule has 0 saturated heterocycles. The fourth-order valence-corrected chi connectivity index (χ4v) is 3.68. The third-order valence-electron chi connectivity index (χ3n) is 5.60. The lowest BCUT2D eigenvalue weighted by molar-refractivity contribution is -0.120. The molecule has 0 saturated carbocycles. The number of nitrogens with zero attached hydrogens (tertiary/aromatic N) is 1. The van der Waals surface area contributed by atoms with E-state index in [0.29, 0.717) is 18.0 Å². The Morgan fingerprint density at radius 3 is 2.00 bits per heavy atom. The van der Waals surface area contributed by atoms with Gasteiger partial charge in [0.2, 0.25) is 11.8 Å². The predicted octanol–water partition coefficient (Wildman–Crippen LogP) is 6.00. The van der Waals surface area contributed by atoms with E-state index in [4.69, 9.17) is 4.74 Å². The molecule has 0 atom stereocenters. The van der Waals surface area contributed by atoms with Gasteiger partial charge in [-0.2, -0.15) is 5.10 Å². The minimum absolute atomic E-state index is 0.0678. The maximum atomic E-state index is 12.4. The molecule has 4 aromatic carbocycles. The van der Waals surface area contributed by atoms with Gasteiger partial charge in [0.25, 0.3) is 0 Å². The lowest BCUT2D eigenvalue weighted by Gasteiger charge is -2.09. The van der Waals surface area contributed by atoms with Gasteiger partial charge >= 0.3 is 0 Å². The molecule has 0 bridgehead atoms. The average Bonchev–Trinajstić information content (AvgIpc) is 2.93. The molecule has 0 aliphatic rings. The minimum Gasteiger partial charge on any atom is -0.489 e. The van der Waals surface area contributed by atoms with E-state index in [2.05, 4.69) is 15.8 Å². The van der Waals surface area contributed by atoms with E-state index < -0.39 is 0 Å². The maximum Gasteiger partial charge on any atom is 0.244 e. The van der Waals surface area contributed by atoms with Crippen molar-refractivity contribution >= 4 is 23.2 Å². The molecule has 0 heterocycles. The predicted molar refractivity (Wildman–Crippen MR) is 147 cm³/mol. The van der Waals surface area contributed by atoms with E-state index in [1.165, 1.54) is 0 Å². The van der Waals surface area contributed by atoms with Crippen molar-refractivity contribution in [3.63, 3.8) is 0 Å². The number of carbonyl (C=O) groups excluding carboxylic acids is 2. The quantitative estimate of drug-likeness (QED) is 0.211. The Morgan fingerprint density at radius 2 is 1.32 bits per heavy atom. The fourth-order valence-electron chi connectivity index (χ4n) is 3.68. The van der Waals surface area contributed by atoms with Crippen molar-refractivity contribution in [3.05, 3.63) is 120 Å². The number of amides is 2. The van der Waals surface area contributed by atoms with E-state index >= 15 is 0 Å². The number of nitrogens with one attached hydrogen (secondary N) is 2. The van der Waals surface area contributed by atoms with Gasteiger partial charge in [-0.3, -0.25) is 9.59 Å². The second kappa shape index (κ2) is 12.8. The van der Waals surface area contributed by atoms with E-state index in [9.17, 15) is 9.59 Å². The first-order valence-corrected chi connectivity index (χ1v) is 12.1. The number of carbonyl (C=O) groups is 2. The molecular formula is C31H29N3O3. The molecule has 37 heavy (non-hydrogen) atoms. The van der Waals surface area contributed by atoms with Crippen LogP contribution in [0.2, 0.25) is 0 Å². The monoisotopic (exact) mass is 491 g/mol. The van der Waals surface area contributed by atoms with Crippen LogP contribution in [0.25, 0.3) is 11.1 Å². The summed E-state index contributed by atoms with van der Waals surface area (Å²) in [4.78, 5) is 24.7. The maximum absolute atomic E-state index is 12.4. The molecule has 0 aromatic heterocycles. The van der Waals surface area contributed by atoms with Gasteiger partial charge in [-0.25, -0.2) is 5.43 Å². The third-order valence-corrected chi connectivity index (χ3v) is 5.60. The molecule has 2 N–H and O–H groups in total. The van der Waals surface area contributed by atoms with Crippen LogP contribution in [0.5, 0.6) is 5.75 Å². The molecule has 0 aliphatic carbocycles. The molecular weight excluding hydrogens is 462 g/mol. The van der Waals surface area contributed by atoms with Gasteiger partial charge in [0, 0.05) is 11.4 Å². The molecule has 0 aliphatic heterocycles. The summed E-state index contributed by atoms with van der Waals surface area (Å²) < 4.78 is 5.77. The van der Waals surface area contributed by atoms with Crippen LogP contribution in [0, 0.1) is 0 Å². The Bertz CT molecular complexity index is 1330. The molecule has 0 radical (unpaired) electrons. The SMILES string of the molecule is C/C(CC(=O)Nc1ccc(OCc2ccccc2)cc1)=N/NC(=O)Cc1ccc(-c2ccccc2)cc1. The standard InChI is InChI=1S/C31H29N3O3/c1-23(33-34-31(36)21-24-12-14-27(15-13-24)26-10-6-3-7-11-26)20-30(35)32-28-16-18-29(19-17-28)37-22-25-8-4-2-5-9-25/h2-19H,20-22H2,1H3,(H,32,35)(H,34,36)/b33-23-. The fraction of sp³-hybridized carbons (Fsp3) is 0.129. The van der Waals surface area contributed by atoms with Gasteiger partial charge in [-0.1, -0.05) is 84.9 Å². The van der Waals surface area contributed by atoms with E-state index in [0.717, 1.165) is 28.0 Å². The van der Waals surface area contributed by atoms with Crippen molar-refractivity contribution in [3.8, 4) is 16.9 Å². The van der Waals surface area contributed by atoms with E-state index in [1.807, 2.05) is 97.1 Å². The van der Waals surface area contributed by atoms with Gasteiger partial charge in [-0.05, 0) is 53.4 Å². The van der Waals surface area contributed by atoms with Crippen LogP contribution >= 0.6 is 0 Å². The zero-order valence-corrected chi connectivity index (χ0v) is 20.7. The summed E-state index contributed by atoms with van der Waals surface area (Å²) in [5.74, 6) is 0.264.